The van der Waals surface area contributed by atoms with Crippen LogP contribution in [0.2, 0.25) is 0 Å². The molecular weight excluding hydrogens is 436 g/mol. The molecule has 0 aliphatic carbocycles. The fourth-order valence-corrected chi connectivity index (χ4v) is 4.90. The minimum absolute atomic E-state index is 0.263. The van der Waals surface area contributed by atoms with Crippen molar-refractivity contribution in [3.63, 3.8) is 0 Å². The summed E-state index contributed by atoms with van der Waals surface area (Å²) in [5.41, 5.74) is 4.99. The van der Waals surface area contributed by atoms with Crippen molar-refractivity contribution in [3.05, 3.63) is 90.1 Å². The number of anilines is 1. The number of fused-ring (bicyclic) bond motifs is 1. The summed E-state index contributed by atoms with van der Waals surface area (Å²) >= 11 is 0. The van der Waals surface area contributed by atoms with Gasteiger partial charge in [0.05, 0.1) is 10.6 Å². The van der Waals surface area contributed by atoms with Gasteiger partial charge in [-0.05, 0) is 61.9 Å². The summed E-state index contributed by atoms with van der Waals surface area (Å²) < 4.78 is 30.0. The highest BCUT2D eigenvalue weighted by atomic mass is 32.2. The number of rotatable bonds is 5. The smallest absolute Gasteiger partial charge is 0.262 e. The molecular formula is C24H20N6O2S. The third kappa shape index (κ3) is 4.06. The van der Waals surface area contributed by atoms with Crippen LogP contribution in [0.5, 0.6) is 0 Å². The minimum atomic E-state index is -3.69. The lowest BCUT2D eigenvalue weighted by molar-refractivity contribution is 0.600. The number of hydrogen-bond acceptors (Lipinski definition) is 6. The predicted molar refractivity (Wildman–Crippen MR) is 126 cm³/mol. The van der Waals surface area contributed by atoms with Gasteiger partial charge >= 0.3 is 0 Å². The highest BCUT2D eigenvalue weighted by molar-refractivity contribution is 7.92. The number of aryl methyl sites for hydroxylation is 2. The Morgan fingerprint density at radius 3 is 2.39 bits per heavy atom. The summed E-state index contributed by atoms with van der Waals surface area (Å²) in [6.07, 6.45) is 1.69. The second kappa shape index (κ2) is 8.10. The number of nitrogens with one attached hydrogen (secondary N) is 1. The molecule has 9 heteroatoms. The van der Waals surface area contributed by atoms with Crippen molar-refractivity contribution in [2.75, 3.05) is 4.72 Å². The Hall–Kier alpha value is -4.11. The van der Waals surface area contributed by atoms with E-state index in [9.17, 15) is 8.42 Å². The van der Waals surface area contributed by atoms with Crippen molar-refractivity contribution in [2.24, 2.45) is 0 Å². The third-order valence-electron chi connectivity index (χ3n) is 5.21. The molecule has 33 heavy (non-hydrogen) atoms. The van der Waals surface area contributed by atoms with Crippen LogP contribution in [0.3, 0.4) is 0 Å². The second-order valence-corrected chi connectivity index (χ2v) is 9.33. The molecule has 0 bridgehead atoms. The maximum absolute atomic E-state index is 12.8. The van der Waals surface area contributed by atoms with Crippen molar-refractivity contribution >= 4 is 21.4 Å². The predicted octanol–water partition coefficient (Wildman–Crippen LogP) is 4.27. The molecule has 0 radical (unpaired) electrons. The van der Waals surface area contributed by atoms with Gasteiger partial charge in [0.25, 0.3) is 10.0 Å². The quantitative estimate of drug-likeness (QED) is 0.424. The normalized spacial score (nSPS) is 11.6. The fourth-order valence-electron chi connectivity index (χ4n) is 3.62. The molecule has 164 valence electrons. The van der Waals surface area contributed by atoms with E-state index in [1.165, 1.54) is 0 Å². The van der Waals surface area contributed by atoms with Gasteiger partial charge in [-0.1, -0.05) is 35.9 Å². The van der Waals surface area contributed by atoms with Gasteiger partial charge in [0.2, 0.25) is 5.82 Å². The maximum Gasteiger partial charge on any atom is 0.262 e. The van der Waals surface area contributed by atoms with Gasteiger partial charge < -0.3 is 0 Å². The first-order valence-electron chi connectivity index (χ1n) is 10.3. The van der Waals surface area contributed by atoms with Gasteiger partial charge in [-0.3, -0.25) is 9.71 Å². The molecule has 0 spiro atoms. The van der Waals surface area contributed by atoms with Crippen LogP contribution in [0.4, 0.5) is 5.69 Å². The number of pyridine rings is 1. The molecule has 8 nitrogen and oxygen atoms in total. The first-order valence-corrected chi connectivity index (χ1v) is 11.7. The molecule has 0 aliphatic rings. The van der Waals surface area contributed by atoms with Crippen molar-refractivity contribution in [1.29, 1.82) is 0 Å². The summed E-state index contributed by atoms with van der Waals surface area (Å²) in [5, 5.41) is 13.0. The largest absolute Gasteiger partial charge is 0.280 e. The zero-order valence-electron chi connectivity index (χ0n) is 18.0. The van der Waals surface area contributed by atoms with Gasteiger partial charge in [-0.2, -0.15) is 9.61 Å². The zero-order chi connectivity index (χ0) is 23.0. The Morgan fingerprint density at radius 1 is 0.848 bits per heavy atom. The van der Waals surface area contributed by atoms with E-state index in [1.54, 1.807) is 41.9 Å². The summed E-state index contributed by atoms with van der Waals surface area (Å²) in [5.74, 6) is 0.547. The van der Waals surface area contributed by atoms with Gasteiger partial charge in [0.15, 0.2) is 5.65 Å². The van der Waals surface area contributed by atoms with E-state index >= 15 is 0 Å². The fraction of sp³-hybridized carbons (Fsp3) is 0.0833. The van der Waals surface area contributed by atoms with Crippen molar-refractivity contribution in [3.8, 4) is 22.8 Å². The maximum atomic E-state index is 12.8. The van der Waals surface area contributed by atoms with E-state index in [-0.39, 0.29) is 4.90 Å². The lowest BCUT2D eigenvalue weighted by atomic mass is 10.1. The molecule has 0 saturated heterocycles. The van der Waals surface area contributed by atoms with Gasteiger partial charge in [-0.15, -0.1) is 10.2 Å². The molecule has 2 aromatic carbocycles. The number of sulfonamides is 1. The van der Waals surface area contributed by atoms with E-state index in [0.717, 1.165) is 11.1 Å². The van der Waals surface area contributed by atoms with Crippen molar-refractivity contribution in [2.45, 2.75) is 18.7 Å². The van der Waals surface area contributed by atoms with E-state index < -0.39 is 10.0 Å². The number of hydrogen-bond donors (Lipinski definition) is 1. The van der Waals surface area contributed by atoms with Gasteiger partial charge in [-0.25, -0.2) is 8.42 Å². The Bertz CT molecular complexity index is 1560. The molecule has 3 heterocycles. The van der Waals surface area contributed by atoms with Crippen molar-refractivity contribution in [1.82, 2.24) is 24.8 Å². The second-order valence-electron chi connectivity index (χ2n) is 7.68. The lowest BCUT2D eigenvalue weighted by Gasteiger charge is -2.11. The van der Waals surface area contributed by atoms with Crippen LogP contribution < -0.4 is 4.72 Å². The molecule has 0 saturated carbocycles. The Balaban J connectivity index is 1.44. The summed E-state index contributed by atoms with van der Waals surface area (Å²) in [4.78, 5) is 4.59. The molecule has 0 fully saturated rings. The highest BCUT2D eigenvalue weighted by Crippen LogP contribution is 2.24. The van der Waals surface area contributed by atoms with Crippen LogP contribution in [-0.4, -0.2) is 33.2 Å². The zero-order valence-corrected chi connectivity index (χ0v) is 18.8. The average molecular weight is 457 g/mol. The van der Waals surface area contributed by atoms with Crippen LogP contribution in [0.15, 0.2) is 83.9 Å². The standard InChI is InChI=1S/C24H20N6O2S/c1-16-6-12-22(17(2)15-16)33(31,32)29-19-9-7-18(8-10-19)20-11-13-23-26-27-24(30(23)28-20)21-5-3-4-14-25-21/h3-15,29H,1-2H3. The molecule has 5 aromatic rings. The SMILES string of the molecule is Cc1ccc(S(=O)(=O)Nc2ccc(-c3ccc4nnc(-c5ccccn5)n4n3)cc2)c(C)c1. The Kier molecular flexibility index (Phi) is 5.10. The molecule has 0 amide bonds. The van der Waals surface area contributed by atoms with Crippen LogP contribution in [0.25, 0.3) is 28.4 Å². The minimum Gasteiger partial charge on any atom is -0.280 e. The monoisotopic (exact) mass is 456 g/mol. The lowest BCUT2D eigenvalue weighted by Crippen LogP contribution is -2.14. The van der Waals surface area contributed by atoms with Crippen LogP contribution in [-0.2, 0) is 10.0 Å². The first kappa shape index (κ1) is 20.8. The number of nitrogens with zero attached hydrogens (tertiary/aromatic N) is 5. The van der Waals surface area contributed by atoms with Crippen LogP contribution in [0.1, 0.15) is 11.1 Å². The molecule has 3 aromatic heterocycles. The van der Waals surface area contributed by atoms with Crippen LogP contribution >= 0.6 is 0 Å². The third-order valence-corrected chi connectivity index (χ3v) is 6.75. The highest BCUT2D eigenvalue weighted by Gasteiger charge is 2.17. The van der Waals surface area contributed by atoms with Gasteiger partial charge in [0.1, 0.15) is 5.69 Å². The molecule has 5 rings (SSSR count). The molecule has 0 aliphatic heterocycles. The van der Waals surface area contributed by atoms with Gasteiger partial charge in [0, 0.05) is 17.4 Å². The van der Waals surface area contributed by atoms with E-state index in [4.69, 9.17) is 0 Å². The number of aromatic nitrogens is 5. The summed E-state index contributed by atoms with van der Waals surface area (Å²) in [7, 11) is -3.69. The molecule has 0 unspecified atom stereocenters. The number of benzene rings is 2. The van der Waals surface area contributed by atoms with E-state index in [2.05, 4.69) is 25.0 Å². The topological polar surface area (TPSA) is 102 Å². The average Bonchev–Trinajstić information content (AvgIpc) is 3.23. The van der Waals surface area contributed by atoms with E-state index in [1.807, 2.05) is 55.5 Å². The Morgan fingerprint density at radius 2 is 1.67 bits per heavy atom. The van der Waals surface area contributed by atoms with Crippen molar-refractivity contribution < 1.29 is 8.42 Å². The molecule has 1 N–H and O–H groups in total. The summed E-state index contributed by atoms with van der Waals surface area (Å²) in [6.45, 7) is 3.72. The van der Waals surface area contributed by atoms with Crippen LogP contribution in [0, 0.1) is 13.8 Å². The first-order chi connectivity index (χ1) is 15.9. The summed E-state index contributed by atoms with van der Waals surface area (Å²) in [6, 6.07) is 21.6. The Labute approximate surface area is 191 Å². The molecule has 0 atom stereocenters. The van der Waals surface area contributed by atoms with E-state index in [0.29, 0.717) is 34.1 Å².